The van der Waals surface area contributed by atoms with Crippen molar-refractivity contribution in [3.8, 4) is 11.5 Å². The first-order chi connectivity index (χ1) is 11.9. The van der Waals surface area contributed by atoms with Crippen molar-refractivity contribution >= 4 is 11.8 Å². The van der Waals surface area contributed by atoms with Gasteiger partial charge in [-0.2, -0.15) is 0 Å². The first kappa shape index (κ1) is 17.7. The Hall–Kier alpha value is -2.08. The number of hydrogen-bond donors (Lipinski definition) is 1. The van der Waals surface area contributed by atoms with E-state index in [2.05, 4.69) is 4.90 Å². The van der Waals surface area contributed by atoms with Gasteiger partial charge in [0.15, 0.2) is 11.5 Å². The molecule has 2 aliphatic heterocycles. The number of methoxy groups -OCH3 is 2. The second-order valence-corrected chi connectivity index (χ2v) is 7.01. The number of Topliss-reactive ketones (excluding diaryl/α,β-unsaturated/α-hetero) is 1. The zero-order valence-corrected chi connectivity index (χ0v) is 14.9. The van der Waals surface area contributed by atoms with Gasteiger partial charge in [-0.05, 0) is 36.1 Å². The van der Waals surface area contributed by atoms with E-state index in [-0.39, 0.29) is 17.7 Å². The van der Waals surface area contributed by atoms with Gasteiger partial charge >= 0.3 is 5.97 Å². The van der Waals surface area contributed by atoms with Crippen LogP contribution in [0.4, 0.5) is 0 Å². The molecule has 1 N–H and O–H groups in total. The molecule has 0 bridgehead atoms. The van der Waals surface area contributed by atoms with Crippen LogP contribution in [0.25, 0.3) is 0 Å². The van der Waals surface area contributed by atoms with Gasteiger partial charge in [-0.15, -0.1) is 0 Å². The maximum absolute atomic E-state index is 12.6. The van der Waals surface area contributed by atoms with Crippen LogP contribution in [0.15, 0.2) is 12.1 Å². The maximum atomic E-state index is 12.6. The summed E-state index contributed by atoms with van der Waals surface area (Å²) in [5, 5.41) is 9.12. The molecule has 0 radical (unpaired) electrons. The van der Waals surface area contributed by atoms with E-state index in [0.29, 0.717) is 30.9 Å². The first-order valence-electron chi connectivity index (χ1n) is 8.69. The van der Waals surface area contributed by atoms with Crippen LogP contribution in [0.2, 0.25) is 0 Å². The zero-order valence-electron chi connectivity index (χ0n) is 14.9. The second-order valence-electron chi connectivity index (χ2n) is 7.01. The first-order valence-corrected chi connectivity index (χ1v) is 8.69. The minimum atomic E-state index is -0.837. The number of ether oxygens (including phenoxy) is 2. The Labute approximate surface area is 147 Å². The maximum Gasteiger partial charge on any atom is 0.306 e. The topological polar surface area (TPSA) is 76.1 Å². The summed E-state index contributed by atoms with van der Waals surface area (Å²) in [6.07, 6.45) is 1.73. The molecule has 1 aromatic carbocycles. The smallest absolute Gasteiger partial charge is 0.306 e. The highest BCUT2D eigenvalue weighted by molar-refractivity contribution is 5.84. The van der Waals surface area contributed by atoms with Gasteiger partial charge in [0.1, 0.15) is 5.78 Å². The normalized spacial score (nSPS) is 24.2. The van der Waals surface area contributed by atoms with Gasteiger partial charge in [-0.1, -0.05) is 6.92 Å². The molecule has 1 fully saturated rings. The van der Waals surface area contributed by atoms with E-state index < -0.39 is 11.9 Å². The third kappa shape index (κ3) is 3.35. The lowest BCUT2D eigenvalue weighted by Crippen LogP contribution is -2.46. The monoisotopic (exact) mass is 347 g/mol. The van der Waals surface area contributed by atoms with Crippen LogP contribution < -0.4 is 9.47 Å². The van der Waals surface area contributed by atoms with E-state index in [1.807, 2.05) is 12.1 Å². The molecule has 2 aliphatic rings. The number of piperidine rings is 1. The van der Waals surface area contributed by atoms with Crippen molar-refractivity contribution in [2.45, 2.75) is 32.2 Å². The van der Waals surface area contributed by atoms with Crippen molar-refractivity contribution in [1.29, 1.82) is 0 Å². The molecule has 0 spiro atoms. The minimum absolute atomic E-state index is 0.0486. The van der Waals surface area contributed by atoms with Gasteiger partial charge in [-0.25, -0.2) is 0 Å². The molecule has 3 rings (SSSR count). The fraction of sp³-hybridized carbons (Fsp3) is 0.579. The molecule has 6 nitrogen and oxygen atoms in total. The molecular weight excluding hydrogens is 322 g/mol. The molecule has 3 atom stereocenters. The molecule has 6 heteroatoms. The number of benzene rings is 1. The Morgan fingerprint density at radius 3 is 2.64 bits per heavy atom. The summed E-state index contributed by atoms with van der Waals surface area (Å²) in [5.41, 5.74) is 2.33. The van der Waals surface area contributed by atoms with Crippen molar-refractivity contribution in [3.05, 3.63) is 23.3 Å². The number of carbonyl (C=O) groups is 2. The van der Waals surface area contributed by atoms with E-state index in [0.717, 1.165) is 18.5 Å². The van der Waals surface area contributed by atoms with E-state index in [9.17, 15) is 9.59 Å². The molecule has 0 amide bonds. The number of carboxylic acids is 1. The molecule has 1 saturated heterocycles. The summed E-state index contributed by atoms with van der Waals surface area (Å²) in [7, 11) is 3.23. The Balaban J connectivity index is 1.83. The van der Waals surface area contributed by atoms with Crippen LogP contribution in [0, 0.1) is 11.8 Å². The van der Waals surface area contributed by atoms with Crippen molar-refractivity contribution in [2.75, 3.05) is 27.3 Å². The SMILES string of the molecule is COc1cc2c(cc1OC)[C@H]1CC(=O)[C@H](CC(C)C(=O)O)CN1CC2. The predicted octanol–water partition coefficient (Wildman–Crippen LogP) is 2.30. The highest BCUT2D eigenvalue weighted by atomic mass is 16.5. The number of hydrogen-bond acceptors (Lipinski definition) is 5. The Kier molecular flexibility index (Phi) is 4.99. The summed E-state index contributed by atoms with van der Waals surface area (Å²) >= 11 is 0. The molecule has 0 saturated carbocycles. The summed E-state index contributed by atoms with van der Waals surface area (Å²) in [5.74, 6) is 0.0332. The van der Waals surface area contributed by atoms with Crippen LogP contribution in [-0.2, 0) is 16.0 Å². The number of ketones is 1. The van der Waals surface area contributed by atoms with Crippen molar-refractivity contribution < 1.29 is 24.2 Å². The van der Waals surface area contributed by atoms with E-state index in [4.69, 9.17) is 14.6 Å². The predicted molar refractivity (Wildman–Crippen MR) is 92.1 cm³/mol. The number of carbonyl (C=O) groups excluding carboxylic acids is 1. The lowest BCUT2D eigenvalue weighted by molar-refractivity contribution is -0.142. The van der Waals surface area contributed by atoms with Gasteiger partial charge in [0, 0.05) is 31.5 Å². The average Bonchev–Trinajstić information content (AvgIpc) is 2.60. The van der Waals surface area contributed by atoms with E-state index >= 15 is 0 Å². The van der Waals surface area contributed by atoms with Gasteiger partial charge in [0.25, 0.3) is 0 Å². The highest BCUT2D eigenvalue weighted by Crippen LogP contribution is 2.42. The lowest BCUT2D eigenvalue weighted by Gasteiger charge is -2.43. The lowest BCUT2D eigenvalue weighted by atomic mass is 9.80. The zero-order chi connectivity index (χ0) is 18.1. The van der Waals surface area contributed by atoms with E-state index in [1.165, 1.54) is 5.56 Å². The number of nitrogens with zero attached hydrogens (tertiary/aromatic N) is 1. The quantitative estimate of drug-likeness (QED) is 0.881. The number of aliphatic carboxylic acids is 1. The summed E-state index contributed by atoms with van der Waals surface area (Å²) in [4.78, 5) is 26.0. The van der Waals surface area contributed by atoms with Crippen LogP contribution in [-0.4, -0.2) is 49.1 Å². The van der Waals surface area contributed by atoms with Crippen molar-refractivity contribution in [1.82, 2.24) is 4.90 Å². The number of fused-ring (bicyclic) bond motifs is 3. The summed E-state index contributed by atoms with van der Waals surface area (Å²) < 4.78 is 10.8. The molecule has 0 aromatic heterocycles. The third-order valence-electron chi connectivity index (χ3n) is 5.48. The van der Waals surface area contributed by atoms with E-state index in [1.54, 1.807) is 21.1 Å². The Bertz CT molecular complexity index is 687. The molecule has 25 heavy (non-hydrogen) atoms. The molecule has 2 heterocycles. The summed E-state index contributed by atoms with van der Waals surface area (Å²) in [6, 6.07) is 4.04. The Morgan fingerprint density at radius 2 is 2.00 bits per heavy atom. The molecule has 0 aliphatic carbocycles. The largest absolute Gasteiger partial charge is 0.493 e. The highest BCUT2D eigenvalue weighted by Gasteiger charge is 2.39. The van der Waals surface area contributed by atoms with Crippen molar-refractivity contribution in [3.63, 3.8) is 0 Å². The van der Waals surface area contributed by atoms with Gasteiger partial charge in [-0.3, -0.25) is 14.5 Å². The van der Waals surface area contributed by atoms with Crippen LogP contribution in [0.5, 0.6) is 11.5 Å². The molecule has 1 unspecified atom stereocenters. The van der Waals surface area contributed by atoms with Gasteiger partial charge in [0.2, 0.25) is 0 Å². The molecule has 136 valence electrons. The fourth-order valence-corrected chi connectivity index (χ4v) is 4.01. The average molecular weight is 347 g/mol. The Morgan fingerprint density at radius 1 is 1.32 bits per heavy atom. The minimum Gasteiger partial charge on any atom is -0.493 e. The van der Waals surface area contributed by atoms with Crippen LogP contribution >= 0.6 is 0 Å². The fourth-order valence-electron chi connectivity index (χ4n) is 4.01. The standard InChI is InChI=1S/C19H25NO5/c1-11(19(22)23)6-13-10-20-5-4-12-7-17(24-2)18(25-3)8-14(12)15(20)9-16(13)21/h7-8,11,13,15H,4-6,9-10H2,1-3H3,(H,22,23)/t11?,13-,15-/m1/s1. The summed E-state index contributed by atoms with van der Waals surface area (Å²) in [6.45, 7) is 3.18. The van der Waals surface area contributed by atoms with Crippen LogP contribution in [0.3, 0.4) is 0 Å². The number of carboxylic acid groups (broad SMARTS) is 1. The van der Waals surface area contributed by atoms with Crippen molar-refractivity contribution in [2.24, 2.45) is 11.8 Å². The second kappa shape index (κ2) is 7.04. The van der Waals surface area contributed by atoms with Crippen LogP contribution in [0.1, 0.15) is 36.9 Å². The third-order valence-corrected chi connectivity index (χ3v) is 5.48. The molecular formula is C19H25NO5. The van der Waals surface area contributed by atoms with Gasteiger partial charge < -0.3 is 14.6 Å². The molecule has 1 aromatic rings. The van der Waals surface area contributed by atoms with Gasteiger partial charge in [0.05, 0.1) is 20.1 Å². The number of rotatable bonds is 5.